The Morgan fingerprint density at radius 3 is 2.50 bits per heavy atom. The van der Waals surface area contributed by atoms with Crippen molar-refractivity contribution >= 4 is 5.82 Å². The number of aromatic nitrogens is 1. The summed E-state index contributed by atoms with van der Waals surface area (Å²) in [4.78, 5) is 4.00. The van der Waals surface area contributed by atoms with Crippen LogP contribution in [0.3, 0.4) is 0 Å². The lowest BCUT2D eigenvalue weighted by Crippen LogP contribution is -2.05. The molecule has 3 rings (SSSR count). The fourth-order valence-corrected chi connectivity index (χ4v) is 2.21. The van der Waals surface area contributed by atoms with Gasteiger partial charge in [-0.05, 0) is 36.0 Å². The van der Waals surface area contributed by atoms with E-state index < -0.39 is 6.10 Å². The monoisotopic (exact) mass is 240 g/mol. The number of nitrogen functional groups attached to an aromatic ring is 1. The van der Waals surface area contributed by atoms with Gasteiger partial charge >= 0.3 is 0 Å². The first-order chi connectivity index (χ1) is 8.75. The number of aliphatic hydroxyl groups excluding tert-OH is 1. The van der Waals surface area contributed by atoms with Gasteiger partial charge in [-0.25, -0.2) is 4.98 Å². The van der Waals surface area contributed by atoms with E-state index in [1.807, 2.05) is 18.2 Å². The molecule has 0 spiro atoms. The molecule has 3 nitrogen and oxygen atoms in total. The van der Waals surface area contributed by atoms with E-state index in [0.717, 1.165) is 11.5 Å². The highest BCUT2D eigenvalue weighted by molar-refractivity contribution is 5.44. The molecule has 1 aromatic carbocycles. The Morgan fingerprint density at radius 2 is 1.89 bits per heavy atom. The summed E-state index contributed by atoms with van der Waals surface area (Å²) >= 11 is 0. The zero-order valence-electron chi connectivity index (χ0n) is 10.1. The highest BCUT2D eigenvalue weighted by Crippen LogP contribution is 2.40. The van der Waals surface area contributed by atoms with E-state index in [0.29, 0.717) is 11.4 Å². The molecule has 0 aliphatic heterocycles. The number of nitrogens with zero attached hydrogens (tertiary/aromatic N) is 1. The van der Waals surface area contributed by atoms with Gasteiger partial charge in [0.05, 0.1) is 0 Å². The average Bonchev–Trinajstić information content (AvgIpc) is 3.23. The Balaban J connectivity index is 1.87. The van der Waals surface area contributed by atoms with Gasteiger partial charge in [0.25, 0.3) is 0 Å². The number of anilines is 1. The summed E-state index contributed by atoms with van der Waals surface area (Å²) in [5.74, 6) is 1.12. The highest BCUT2D eigenvalue weighted by Gasteiger charge is 2.23. The van der Waals surface area contributed by atoms with E-state index >= 15 is 0 Å². The summed E-state index contributed by atoms with van der Waals surface area (Å²) in [6.07, 6.45) is 3.50. The Hall–Kier alpha value is -1.87. The van der Waals surface area contributed by atoms with Crippen LogP contribution in [0.15, 0.2) is 42.6 Å². The third-order valence-corrected chi connectivity index (χ3v) is 3.47. The van der Waals surface area contributed by atoms with Crippen LogP contribution < -0.4 is 5.73 Å². The molecule has 0 amide bonds. The largest absolute Gasteiger partial charge is 0.384 e. The lowest BCUT2D eigenvalue weighted by atomic mass is 10.00. The van der Waals surface area contributed by atoms with E-state index in [2.05, 4.69) is 17.1 Å². The molecule has 1 heterocycles. The summed E-state index contributed by atoms with van der Waals surface area (Å²) in [7, 11) is 0. The van der Waals surface area contributed by atoms with Crippen molar-refractivity contribution in [1.29, 1.82) is 0 Å². The van der Waals surface area contributed by atoms with Crippen molar-refractivity contribution in [3.05, 3.63) is 59.3 Å². The van der Waals surface area contributed by atoms with Gasteiger partial charge in [0.15, 0.2) is 0 Å². The Labute approximate surface area is 106 Å². The second-order valence-corrected chi connectivity index (χ2v) is 4.82. The third kappa shape index (κ3) is 2.09. The number of rotatable bonds is 3. The smallest absolute Gasteiger partial charge is 0.129 e. The summed E-state index contributed by atoms with van der Waals surface area (Å²) in [5.41, 5.74) is 8.67. The van der Waals surface area contributed by atoms with E-state index in [4.69, 9.17) is 5.73 Å². The van der Waals surface area contributed by atoms with Crippen molar-refractivity contribution in [2.24, 2.45) is 0 Å². The summed E-state index contributed by atoms with van der Waals surface area (Å²) in [6.45, 7) is 0. The van der Waals surface area contributed by atoms with E-state index in [-0.39, 0.29) is 0 Å². The molecule has 0 bridgehead atoms. The molecule has 1 fully saturated rings. The minimum Gasteiger partial charge on any atom is -0.384 e. The molecule has 0 radical (unpaired) electrons. The van der Waals surface area contributed by atoms with Crippen LogP contribution >= 0.6 is 0 Å². The van der Waals surface area contributed by atoms with Gasteiger partial charge in [-0.3, -0.25) is 0 Å². The maximum absolute atomic E-state index is 10.3. The Bertz CT molecular complexity index is 547. The topological polar surface area (TPSA) is 59.1 Å². The van der Waals surface area contributed by atoms with Crippen molar-refractivity contribution in [2.75, 3.05) is 5.73 Å². The van der Waals surface area contributed by atoms with Crippen LogP contribution in [0.25, 0.3) is 0 Å². The average molecular weight is 240 g/mol. The third-order valence-electron chi connectivity index (χ3n) is 3.47. The van der Waals surface area contributed by atoms with Crippen LogP contribution in [0.5, 0.6) is 0 Å². The number of hydrogen-bond acceptors (Lipinski definition) is 3. The van der Waals surface area contributed by atoms with Crippen LogP contribution in [-0.4, -0.2) is 10.1 Å². The van der Waals surface area contributed by atoms with Crippen molar-refractivity contribution in [3.8, 4) is 0 Å². The van der Waals surface area contributed by atoms with E-state index in [1.54, 1.807) is 12.3 Å². The van der Waals surface area contributed by atoms with Gasteiger partial charge in [-0.2, -0.15) is 0 Å². The van der Waals surface area contributed by atoms with Crippen LogP contribution in [0.2, 0.25) is 0 Å². The van der Waals surface area contributed by atoms with Crippen LogP contribution in [-0.2, 0) is 0 Å². The van der Waals surface area contributed by atoms with E-state index in [9.17, 15) is 5.11 Å². The summed E-state index contributed by atoms with van der Waals surface area (Å²) < 4.78 is 0. The zero-order chi connectivity index (χ0) is 12.5. The number of pyridine rings is 1. The van der Waals surface area contributed by atoms with Gasteiger partial charge < -0.3 is 10.8 Å². The quantitative estimate of drug-likeness (QED) is 0.867. The molecule has 3 heteroatoms. The molecule has 2 aromatic rings. The predicted octanol–water partition coefficient (Wildman–Crippen LogP) is 2.62. The molecular formula is C15H16N2O. The molecule has 1 aliphatic rings. The lowest BCUT2D eigenvalue weighted by molar-refractivity contribution is 0.220. The summed E-state index contributed by atoms with van der Waals surface area (Å²) in [5, 5.41) is 10.3. The Morgan fingerprint density at radius 1 is 1.17 bits per heavy atom. The minimum absolute atomic E-state index is 0.385. The number of nitrogens with two attached hydrogens (primary N) is 1. The number of hydrogen-bond donors (Lipinski definition) is 2. The molecule has 1 unspecified atom stereocenters. The lowest BCUT2D eigenvalue weighted by Gasteiger charge is -2.13. The van der Waals surface area contributed by atoms with Crippen LogP contribution in [0.4, 0.5) is 5.82 Å². The second-order valence-electron chi connectivity index (χ2n) is 4.82. The van der Waals surface area contributed by atoms with Gasteiger partial charge in [-0.1, -0.05) is 30.3 Å². The van der Waals surface area contributed by atoms with E-state index in [1.165, 1.54) is 18.4 Å². The molecule has 1 saturated carbocycles. The molecule has 3 N–H and O–H groups in total. The SMILES string of the molecule is Nc1ncccc1C(O)c1ccc(C2CC2)cc1. The second kappa shape index (κ2) is 4.42. The molecule has 1 aliphatic carbocycles. The molecule has 1 aromatic heterocycles. The molecule has 0 saturated heterocycles. The van der Waals surface area contributed by atoms with Gasteiger partial charge in [0.2, 0.25) is 0 Å². The zero-order valence-corrected chi connectivity index (χ0v) is 10.1. The van der Waals surface area contributed by atoms with Crippen LogP contribution in [0.1, 0.15) is 41.6 Å². The van der Waals surface area contributed by atoms with Crippen molar-refractivity contribution < 1.29 is 5.11 Å². The first kappa shape index (κ1) is 11.2. The van der Waals surface area contributed by atoms with Gasteiger partial charge in [-0.15, -0.1) is 0 Å². The summed E-state index contributed by atoms with van der Waals surface area (Å²) in [6, 6.07) is 11.7. The molecule has 92 valence electrons. The van der Waals surface area contributed by atoms with Crippen molar-refractivity contribution in [3.63, 3.8) is 0 Å². The fraction of sp³-hybridized carbons (Fsp3) is 0.267. The normalized spacial score (nSPS) is 16.5. The van der Waals surface area contributed by atoms with Gasteiger partial charge in [0.1, 0.15) is 11.9 Å². The minimum atomic E-state index is -0.702. The Kier molecular flexibility index (Phi) is 2.76. The first-order valence-corrected chi connectivity index (χ1v) is 6.24. The molecular weight excluding hydrogens is 224 g/mol. The fourth-order valence-electron chi connectivity index (χ4n) is 2.21. The predicted molar refractivity (Wildman–Crippen MR) is 71.1 cm³/mol. The van der Waals surface area contributed by atoms with Crippen molar-refractivity contribution in [1.82, 2.24) is 4.98 Å². The molecule has 1 atom stereocenters. The highest BCUT2D eigenvalue weighted by atomic mass is 16.3. The maximum atomic E-state index is 10.3. The van der Waals surface area contributed by atoms with Crippen molar-refractivity contribution in [2.45, 2.75) is 24.9 Å². The maximum Gasteiger partial charge on any atom is 0.129 e. The van der Waals surface area contributed by atoms with Gasteiger partial charge in [0, 0.05) is 11.8 Å². The standard InChI is InChI=1S/C15H16N2O/c16-15-13(2-1-9-17-15)14(18)12-7-5-11(6-8-12)10-3-4-10/h1-2,5-10,14,18H,3-4H2,(H2,16,17). The van der Waals surface area contributed by atoms with Crippen LogP contribution in [0, 0.1) is 0 Å². The number of aliphatic hydroxyl groups is 1. The molecule has 18 heavy (non-hydrogen) atoms. The first-order valence-electron chi connectivity index (χ1n) is 6.24. The number of benzene rings is 1.